The first-order chi connectivity index (χ1) is 21.7. The lowest BCUT2D eigenvalue weighted by atomic mass is 10.1. The van der Waals surface area contributed by atoms with Gasteiger partial charge >= 0.3 is 5.97 Å². The Morgan fingerprint density at radius 1 is 0.956 bits per heavy atom. The van der Waals surface area contributed by atoms with Gasteiger partial charge in [-0.3, -0.25) is 24.1 Å². The van der Waals surface area contributed by atoms with Crippen LogP contribution < -0.4 is 5.32 Å². The van der Waals surface area contributed by atoms with Crippen molar-refractivity contribution in [3.8, 4) is 5.69 Å². The standard InChI is InChI=1S/C33H37ClN6O5/c1-4-6-30(41)27-18-35-40(22(27)3)25-10-8-24(9-11-25)36-33(44)28-19-39(29-12-7-23(34)17-26(28)29)20-31(42)38-15-13-37(14-16-38)21-32(43)45-5-2/h7-12,17-19H,4-6,13-16,20-21H2,1-3H3,(H,36,44). The Hall–Kier alpha value is -4.48. The van der Waals surface area contributed by atoms with Gasteiger partial charge in [-0.15, -0.1) is 0 Å². The van der Waals surface area contributed by atoms with Crippen molar-refractivity contribution in [3.63, 3.8) is 0 Å². The maximum Gasteiger partial charge on any atom is 0.320 e. The molecule has 236 valence electrons. The van der Waals surface area contributed by atoms with Gasteiger partial charge < -0.3 is 19.5 Å². The van der Waals surface area contributed by atoms with Gasteiger partial charge in [0.2, 0.25) is 5.91 Å². The molecule has 12 heteroatoms. The number of anilines is 1. The SMILES string of the molecule is CCCC(=O)c1cnn(-c2ccc(NC(=O)c3cn(CC(=O)N4CCN(CC(=O)OCC)CC4)c4ccc(Cl)cc34)cc2)c1C. The summed E-state index contributed by atoms with van der Waals surface area (Å²) in [7, 11) is 0. The predicted octanol–water partition coefficient (Wildman–Crippen LogP) is 4.73. The maximum absolute atomic E-state index is 13.5. The van der Waals surface area contributed by atoms with Crippen molar-refractivity contribution in [3.05, 3.63) is 76.7 Å². The molecule has 4 aromatic rings. The molecule has 3 heterocycles. The van der Waals surface area contributed by atoms with E-state index in [4.69, 9.17) is 16.3 Å². The van der Waals surface area contributed by atoms with E-state index in [1.165, 1.54) is 0 Å². The largest absolute Gasteiger partial charge is 0.465 e. The van der Waals surface area contributed by atoms with Gasteiger partial charge in [0.25, 0.3) is 5.91 Å². The molecule has 0 bridgehead atoms. The number of piperazine rings is 1. The number of aromatic nitrogens is 3. The second-order valence-electron chi connectivity index (χ2n) is 11.0. The minimum absolute atomic E-state index is 0.0595. The van der Waals surface area contributed by atoms with Crippen molar-refractivity contribution in [2.45, 2.75) is 40.2 Å². The number of fused-ring (bicyclic) bond motifs is 1. The number of halogens is 1. The van der Waals surface area contributed by atoms with Crippen LogP contribution in [-0.4, -0.2) is 87.0 Å². The first kappa shape index (κ1) is 31.9. The Labute approximate surface area is 266 Å². The molecule has 0 saturated carbocycles. The van der Waals surface area contributed by atoms with Crippen LogP contribution in [0, 0.1) is 6.92 Å². The first-order valence-corrected chi connectivity index (χ1v) is 15.5. The number of nitrogens with one attached hydrogen (secondary N) is 1. The highest BCUT2D eigenvalue weighted by atomic mass is 35.5. The number of amides is 2. The van der Waals surface area contributed by atoms with Gasteiger partial charge in [0.15, 0.2) is 5.78 Å². The highest BCUT2D eigenvalue weighted by molar-refractivity contribution is 6.31. The highest BCUT2D eigenvalue weighted by Gasteiger charge is 2.24. The second kappa shape index (κ2) is 14.1. The first-order valence-electron chi connectivity index (χ1n) is 15.1. The summed E-state index contributed by atoms with van der Waals surface area (Å²) in [5.41, 5.74) is 3.84. The van der Waals surface area contributed by atoms with Gasteiger partial charge in [0.05, 0.1) is 41.9 Å². The Kier molecular flexibility index (Phi) is 9.99. The summed E-state index contributed by atoms with van der Waals surface area (Å²) in [5, 5.41) is 8.46. The van der Waals surface area contributed by atoms with Crippen molar-refractivity contribution in [1.29, 1.82) is 0 Å². The summed E-state index contributed by atoms with van der Waals surface area (Å²) < 4.78 is 8.51. The molecule has 5 rings (SSSR count). The fourth-order valence-corrected chi connectivity index (χ4v) is 5.73. The number of Topliss-reactive ketones (excluding diaryl/α,β-unsaturated/α-hetero) is 1. The number of carbonyl (C=O) groups is 4. The smallest absolute Gasteiger partial charge is 0.320 e. The molecular formula is C33H37ClN6O5. The molecule has 0 atom stereocenters. The number of hydrogen-bond donors (Lipinski definition) is 1. The third kappa shape index (κ3) is 7.26. The van der Waals surface area contributed by atoms with Crippen molar-refractivity contribution in [2.75, 3.05) is 44.6 Å². The number of ketones is 1. The van der Waals surface area contributed by atoms with Crippen molar-refractivity contribution >= 4 is 51.8 Å². The van der Waals surface area contributed by atoms with Crippen molar-refractivity contribution in [1.82, 2.24) is 24.1 Å². The molecule has 0 unspecified atom stereocenters. The zero-order valence-electron chi connectivity index (χ0n) is 25.7. The monoisotopic (exact) mass is 632 g/mol. The molecule has 11 nitrogen and oxygen atoms in total. The molecule has 1 aliphatic heterocycles. The fourth-order valence-electron chi connectivity index (χ4n) is 5.56. The molecular weight excluding hydrogens is 596 g/mol. The van der Waals surface area contributed by atoms with Crippen LogP contribution in [0.15, 0.2) is 54.9 Å². The Bertz CT molecular complexity index is 1720. The number of ether oxygens (including phenoxy) is 1. The molecule has 1 N–H and O–H groups in total. The van der Waals surface area contributed by atoms with Crippen LogP contribution in [-0.2, 0) is 20.9 Å². The zero-order valence-corrected chi connectivity index (χ0v) is 26.5. The summed E-state index contributed by atoms with van der Waals surface area (Å²) in [6.07, 6.45) is 4.53. The van der Waals surface area contributed by atoms with Gasteiger partial charge in [0.1, 0.15) is 6.54 Å². The minimum atomic E-state index is -0.337. The van der Waals surface area contributed by atoms with E-state index < -0.39 is 0 Å². The number of nitrogens with zero attached hydrogens (tertiary/aromatic N) is 5. The summed E-state index contributed by atoms with van der Waals surface area (Å²) in [6.45, 7) is 8.39. The Morgan fingerprint density at radius 3 is 2.38 bits per heavy atom. The lowest BCUT2D eigenvalue weighted by Gasteiger charge is -2.34. The highest BCUT2D eigenvalue weighted by Crippen LogP contribution is 2.27. The third-order valence-corrected chi connectivity index (χ3v) is 8.17. The van der Waals surface area contributed by atoms with Crippen LogP contribution in [0.25, 0.3) is 16.6 Å². The van der Waals surface area contributed by atoms with Gasteiger partial charge in [-0.2, -0.15) is 5.10 Å². The molecule has 1 fully saturated rings. The molecule has 1 aliphatic rings. The van der Waals surface area contributed by atoms with Crippen LogP contribution >= 0.6 is 11.6 Å². The maximum atomic E-state index is 13.5. The lowest BCUT2D eigenvalue weighted by Crippen LogP contribution is -2.50. The van der Waals surface area contributed by atoms with Crippen LogP contribution in [0.3, 0.4) is 0 Å². The number of hydrogen-bond acceptors (Lipinski definition) is 7. The molecule has 1 saturated heterocycles. The molecule has 2 amide bonds. The molecule has 2 aromatic carbocycles. The average molecular weight is 633 g/mol. The molecule has 0 aliphatic carbocycles. The number of rotatable bonds is 11. The van der Waals surface area contributed by atoms with Crippen molar-refractivity contribution in [2.24, 2.45) is 0 Å². The Morgan fingerprint density at radius 2 is 1.69 bits per heavy atom. The summed E-state index contributed by atoms with van der Waals surface area (Å²) in [5.74, 6) is -0.608. The van der Waals surface area contributed by atoms with E-state index >= 15 is 0 Å². The molecule has 0 radical (unpaired) electrons. The van der Waals surface area contributed by atoms with Crippen LogP contribution in [0.4, 0.5) is 5.69 Å². The van der Waals surface area contributed by atoms with Crippen LogP contribution in [0.1, 0.15) is 53.1 Å². The van der Waals surface area contributed by atoms with Gasteiger partial charge in [-0.05, 0) is 62.7 Å². The zero-order chi connectivity index (χ0) is 32.1. The summed E-state index contributed by atoms with van der Waals surface area (Å²) >= 11 is 6.31. The summed E-state index contributed by atoms with van der Waals surface area (Å²) in [4.78, 5) is 54.7. The number of esters is 1. The molecule has 0 spiro atoms. The average Bonchev–Trinajstić information content (AvgIpc) is 3.58. The van der Waals surface area contributed by atoms with E-state index in [0.29, 0.717) is 66.4 Å². The van der Waals surface area contributed by atoms with E-state index in [1.54, 1.807) is 63.8 Å². The van der Waals surface area contributed by atoms with E-state index in [1.807, 2.05) is 30.9 Å². The topological polar surface area (TPSA) is 119 Å². The normalized spacial score (nSPS) is 13.6. The number of carbonyl (C=O) groups excluding carboxylic acids is 4. The van der Waals surface area contributed by atoms with Gasteiger partial charge in [-0.1, -0.05) is 18.5 Å². The van der Waals surface area contributed by atoms with Gasteiger partial charge in [-0.25, -0.2) is 4.68 Å². The van der Waals surface area contributed by atoms with E-state index in [0.717, 1.165) is 23.3 Å². The molecule has 2 aromatic heterocycles. The summed E-state index contributed by atoms with van der Waals surface area (Å²) in [6, 6.07) is 12.5. The van der Waals surface area contributed by atoms with E-state index in [2.05, 4.69) is 10.4 Å². The molecule has 45 heavy (non-hydrogen) atoms. The van der Waals surface area contributed by atoms with Crippen molar-refractivity contribution < 1.29 is 23.9 Å². The second-order valence-corrected chi connectivity index (χ2v) is 11.5. The number of benzene rings is 2. The third-order valence-electron chi connectivity index (χ3n) is 7.93. The van der Waals surface area contributed by atoms with E-state index in [9.17, 15) is 19.2 Å². The Balaban J connectivity index is 1.27. The minimum Gasteiger partial charge on any atom is -0.465 e. The fraction of sp³-hybridized carbons (Fsp3) is 0.364. The lowest BCUT2D eigenvalue weighted by molar-refractivity contribution is -0.145. The van der Waals surface area contributed by atoms with Crippen LogP contribution in [0.2, 0.25) is 5.02 Å². The predicted molar refractivity (Wildman–Crippen MR) is 172 cm³/mol. The van der Waals surface area contributed by atoms with E-state index in [-0.39, 0.29) is 36.7 Å². The van der Waals surface area contributed by atoms with Crippen LogP contribution in [0.5, 0.6) is 0 Å². The van der Waals surface area contributed by atoms with Gasteiger partial charge in [0, 0.05) is 60.4 Å². The quantitative estimate of drug-likeness (QED) is 0.188.